The van der Waals surface area contributed by atoms with E-state index in [9.17, 15) is 4.79 Å². The van der Waals surface area contributed by atoms with Crippen LogP contribution in [0.4, 0.5) is 5.82 Å². The lowest BCUT2D eigenvalue weighted by molar-refractivity contribution is 0.0944. The van der Waals surface area contributed by atoms with Crippen molar-refractivity contribution in [1.29, 1.82) is 0 Å². The van der Waals surface area contributed by atoms with Gasteiger partial charge in [-0.3, -0.25) is 4.79 Å². The van der Waals surface area contributed by atoms with Crippen LogP contribution in [-0.2, 0) is 4.74 Å². The normalized spacial score (nSPS) is 10.2. The lowest BCUT2D eigenvalue weighted by Gasteiger charge is -2.08. The summed E-state index contributed by atoms with van der Waals surface area (Å²) in [5.41, 5.74) is 0.243. The summed E-state index contributed by atoms with van der Waals surface area (Å²) in [6, 6.07) is 3.41. The van der Waals surface area contributed by atoms with Crippen molar-refractivity contribution >= 4 is 23.3 Å². The standard InChI is InChI=1S/C12H18ClN3O2/c1-3-14-10-6-5-9(13)11(16-10)12(17)15-7-4-8-18-2/h5-6H,3-4,7-8H2,1-2H3,(H,14,16)(H,15,17). The topological polar surface area (TPSA) is 63.2 Å². The number of carbonyl (C=O) groups excluding carboxylic acids is 1. The molecule has 1 rings (SSSR count). The van der Waals surface area contributed by atoms with E-state index in [1.807, 2.05) is 6.92 Å². The lowest BCUT2D eigenvalue weighted by atomic mass is 10.3. The second-order valence-corrected chi connectivity index (χ2v) is 4.07. The smallest absolute Gasteiger partial charge is 0.271 e. The first-order valence-corrected chi connectivity index (χ1v) is 6.24. The molecule has 6 heteroatoms. The highest BCUT2D eigenvalue weighted by molar-refractivity contribution is 6.33. The predicted molar refractivity (Wildman–Crippen MR) is 72.2 cm³/mol. The Morgan fingerprint density at radius 2 is 2.28 bits per heavy atom. The number of methoxy groups -OCH3 is 1. The Kier molecular flexibility index (Phi) is 6.46. The van der Waals surface area contributed by atoms with Gasteiger partial charge in [0.25, 0.3) is 5.91 Å². The van der Waals surface area contributed by atoms with Crippen LogP contribution in [0.3, 0.4) is 0 Å². The summed E-state index contributed by atoms with van der Waals surface area (Å²) >= 11 is 5.96. The van der Waals surface area contributed by atoms with E-state index in [0.29, 0.717) is 24.0 Å². The number of anilines is 1. The van der Waals surface area contributed by atoms with Crippen molar-refractivity contribution in [2.75, 3.05) is 32.1 Å². The third kappa shape index (κ3) is 4.50. The number of ether oxygens (including phenoxy) is 1. The van der Waals surface area contributed by atoms with Crippen LogP contribution < -0.4 is 10.6 Å². The number of carbonyl (C=O) groups is 1. The Labute approximate surface area is 112 Å². The van der Waals surface area contributed by atoms with Gasteiger partial charge in [0.05, 0.1) is 5.02 Å². The molecule has 0 bridgehead atoms. The van der Waals surface area contributed by atoms with Crippen molar-refractivity contribution in [2.45, 2.75) is 13.3 Å². The Morgan fingerprint density at radius 1 is 1.50 bits per heavy atom. The minimum Gasteiger partial charge on any atom is -0.385 e. The number of nitrogens with zero attached hydrogens (tertiary/aromatic N) is 1. The Morgan fingerprint density at radius 3 is 2.94 bits per heavy atom. The highest BCUT2D eigenvalue weighted by Gasteiger charge is 2.12. The van der Waals surface area contributed by atoms with Gasteiger partial charge >= 0.3 is 0 Å². The van der Waals surface area contributed by atoms with E-state index in [0.717, 1.165) is 13.0 Å². The summed E-state index contributed by atoms with van der Waals surface area (Å²) < 4.78 is 4.90. The highest BCUT2D eigenvalue weighted by Crippen LogP contribution is 2.16. The van der Waals surface area contributed by atoms with Crippen molar-refractivity contribution in [3.05, 3.63) is 22.8 Å². The minimum absolute atomic E-state index is 0.243. The van der Waals surface area contributed by atoms with Crippen LogP contribution in [-0.4, -0.2) is 37.7 Å². The number of amides is 1. The highest BCUT2D eigenvalue weighted by atomic mass is 35.5. The van der Waals surface area contributed by atoms with Gasteiger partial charge in [-0.1, -0.05) is 11.6 Å². The molecule has 0 radical (unpaired) electrons. The van der Waals surface area contributed by atoms with Gasteiger partial charge in [-0.25, -0.2) is 4.98 Å². The molecule has 0 aliphatic carbocycles. The van der Waals surface area contributed by atoms with Crippen LogP contribution in [0.5, 0.6) is 0 Å². The van der Waals surface area contributed by atoms with Gasteiger partial charge in [0, 0.05) is 26.8 Å². The largest absolute Gasteiger partial charge is 0.385 e. The van der Waals surface area contributed by atoms with E-state index in [-0.39, 0.29) is 11.6 Å². The third-order valence-electron chi connectivity index (χ3n) is 2.23. The number of halogens is 1. The molecule has 5 nitrogen and oxygen atoms in total. The average molecular weight is 272 g/mol. The fourth-order valence-electron chi connectivity index (χ4n) is 1.38. The zero-order valence-electron chi connectivity index (χ0n) is 10.6. The zero-order chi connectivity index (χ0) is 13.4. The van der Waals surface area contributed by atoms with Gasteiger partial charge in [-0.05, 0) is 25.5 Å². The predicted octanol–water partition coefficient (Wildman–Crippen LogP) is 1.93. The summed E-state index contributed by atoms with van der Waals surface area (Å²) in [5.74, 6) is 0.375. The van der Waals surface area contributed by atoms with Crippen LogP contribution in [0.25, 0.3) is 0 Å². The maximum Gasteiger partial charge on any atom is 0.271 e. The summed E-state index contributed by atoms with van der Waals surface area (Å²) in [6.45, 7) is 3.85. The first kappa shape index (κ1) is 14.7. The molecule has 0 fully saturated rings. The molecular weight excluding hydrogens is 254 g/mol. The van der Waals surface area contributed by atoms with Crippen molar-refractivity contribution < 1.29 is 9.53 Å². The molecule has 1 aromatic heterocycles. The maximum absolute atomic E-state index is 11.9. The number of nitrogens with one attached hydrogen (secondary N) is 2. The van der Waals surface area contributed by atoms with Gasteiger partial charge in [0.2, 0.25) is 0 Å². The van der Waals surface area contributed by atoms with Crippen LogP contribution in [0.15, 0.2) is 12.1 Å². The van der Waals surface area contributed by atoms with E-state index >= 15 is 0 Å². The van der Waals surface area contributed by atoms with Crippen molar-refractivity contribution in [2.24, 2.45) is 0 Å². The molecule has 0 unspecified atom stereocenters. The summed E-state index contributed by atoms with van der Waals surface area (Å²) in [6.07, 6.45) is 0.757. The Balaban J connectivity index is 2.63. The molecule has 18 heavy (non-hydrogen) atoms. The third-order valence-corrected chi connectivity index (χ3v) is 2.53. The number of hydrogen-bond acceptors (Lipinski definition) is 4. The number of hydrogen-bond donors (Lipinski definition) is 2. The fourth-order valence-corrected chi connectivity index (χ4v) is 1.57. The van der Waals surface area contributed by atoms with E-state index in [1.165, 1.54) is 0 Å². The molecular formula is C12H18ClN3O2. The molecule has 0 aliphatic rings. The molecule has 0 atom stereocenters. The van der Waals surface area contributed by atoms with Crippen molar-refractivity contribution in [1.82, 2.24) is 10.3 Å². The molecule has 2 N–H and O–H groups in total. The summed E-state index contributed by atoms with van der Waals surface area (Å²) in [5, 5.41) is 6.13. The van der Waals surface area contributed by atoms with Gasteiger partial charge in [-0.15, -0.1) is 0 Å². The molecule has 0 spiro atoms. The molecule has 0 saturated carbocycles. The number of aromatic nitrogens is 1. The van der Waals surface area contributed by atoms with Crippen molar-refractivity contribution in [3.8, 4) is 0 Å². The molecule has 1 heterocycles. The monoisotopic (exact) mass is 271 g/mol. The quantitative estimate of drug-likeness (QED) is 0.744. The Hall–Kier alpha value is -1.33. The zero-order valence-corrected chi connectivity index (χ0v) is 11.4. The number of pyridine rings is 1. The maximum atomic E-state index is 11.9. The Bertz CT molecular complexity index is 399. The molecule has 0 saturated heterocycles. The van der Waals surface area contributed by atoms with E-state index in [1.54, 1.807) is 19.2 Å². The second-order valence-electron chi connectivity index (χ2n) is 3.66. The number of rotatable bonds is 7. The van der Waals surface area contributed by atoms with Gasteiger partial charge < -0.3 is 15.4 Å². The van der Waals surface area contributed by atoms with Crippen molar-refractivity contribution in [3.63, 3.8) is 0 Å². The molecule has 100 valence electrons. The summed E-state index contributed by atoms with van der Waals surface area (Å²) in [7, 11) is 1.63. The van der Waals surface area contributed by atoms with E-state index in [2.05, 4.69) is 15.6 Å². The minimum atomic E-state index is -0.268. The van der Waals surface area contributed by atoms with E-state index < -0.39 is 0 Å². The van der Waals surface area contributed by atoms with Crippen LogP contribution in [0.2, 0.25) is 5.02 Å². The second kappa shape index (κ2) is 7.89. The first-order chi connectivity index (χ1) is 8.69. The first-order valence-electron chi connectivity index (χ1n) is 5.86. The van der Waals surface area contributed by atoms with Gasteiger partial charge in [0.1, 0.15) is 11.5 Å². The molecule has 0 aromatic carbocycles. The lowest BCUT2D eigenvalue weighted by Crippen LogP contribution is -2.26. The van der Waals surface area contributed by atoms with Crippen LogP contribution in [0, 0.1) is 0 Å². The average Bonchev–Trinajstić information content (AvgIpc) is 2.37. The van der Waals surface area contributed by atoms with Gasteiger partial charge in [-0.2, -0.15) is 0 Å². The molecule has 0 aliphatic heterocycles. The van der Waals surface area contributed by atoms with Crippen LogP contribution >= 0.6 is 11.6 Å². The summed E-state index contributed by atoms with van der Waals surface area (Å²) in [4.78, 5) is 16.0. The fraction of sp³-hybridized carbons (Fsp3) is 0.500. The van der Waals surface area contributed by atoms with Crippen LogP contribution in [0.1, 0.15) is 23.8 Å². The van der Waals surface area contributed by atoms with Gasteiger partial charge in [0.15, 0.2) is 0 Å². The molecule has 1 aromatic rings. The molecule has 1 amide bonds. The SMILES string of the molecule is CCNc1ccc(Cl)c(C(=O)NCCCOC)n1. The van der Waals surface area contributed by atoms with E-state index in [4.69, 9.17) is 16.3 Å².